The molecule has 0 aliphatic rings. The summed E-state index contributed by atoms with van der Waals surface area (Å²) in [4.78, 5) is 3.20. The van der Waals surface area contributed by atoms with Crippen LogP contribution >= 0.6 is 12.2 Å². The Bertz CT molecular complexity index is 877. The maximum absolute atomic E-state index is 13.7. The number of aromatic nitrogens is 4. The first kappa shape index (κ1) is 14.0. The molecule has 1 N–H and O–H groups in total. The summed E-state index contributed by atoms with van der Waals surface area (Å²) in [7, 11) is 1.90. The average molecular weight is 304 g/mol. The topological polar surface area (TPSA) is 38.5 Å². The summed E-state index contributed by atoms with van der Waals surface area (Å²) in [5.74, 6) is -0.141. The van der Waals surface area contributed by atoms with Gasteiger partial charge >= 0.3 is 0 Å². The van der Waals surface area contributed by atoms with Crippen LogP contribution in [-0.4, -0.2) is 19.3 Å². The Morgan fingerprint density at radius 3 is 2.48 bits per heavy atom. The van der Waals surface area contributed by atoms with Crippen LogP contribution in [0.2, 0.25) is 0 Å². The Balaban J connectivity index is 2.14. The summed E-state index contributed by atoms with van der Waals surface area (Å²) >= 11 is 5.41. The minimum absolute atomic E-state index is 0.141. The predicted molar refractivity (Wildman–Crippen MR) is 83.6 cm³/mol. The number of hydrogen-bond acceptors (Lipinski definition) is 2. The van der Waals surface area contributed by atoms with E-state index < -0.39 is 0 Å². The number of aryl methyl sites for hydroxylation is 4. The number of imidazole rings is 1. The lowest BCUT2D eigenvalue weighted by Gasteiger charge is -2.09. The van der Waals surface area contributed by atoms with E-state index >= 15 is 0 Å². The number of aromatic amines is 1. The molecule has 0 bridgehead atoms. The van der Waals surface area contributed by atoms with Gasteiger partial charge in [0.05, 0.1) is 12.2 Å². The molecule has 21 heavy (non-hydrogen) atoms. The molecule has 0 atom stereocenters. The normalized spacial score (nSPS) is 11.5. The molecule has 2 heterocycles. The fourth-order valence-electron chi connectivity index (χ4n) is 2.83. The van der Waals surface area contributed by atoms with E-state index in [-0.39, 0.29) is 5.82 Å². The Labute approximate surface area is 127 Å². The second kappa shape index (κ2) is 4.80. The zero-order valence-corrected chi connectivity index (χ0v) is 13.3. The van der Waals surface area contributed by atoms with Crippen LogP contribution in [0.3, 0.4) is 0 Å². The van der Waals surface area contributed by atoms with Crippen molar-refractivity contribution < 1.29 is 4.39 Å². The third kappa shape index (κ3) is 2.19. The van der Waals surface area contributed by atoms with Gasteiger partial charge in [0.25, 0.3) is 0 Å². The number of halogens is 1. The Morgan fingerprint density at radius 1 is 1.24 bits per heavy atom. The quantitative estimate of drug-likeness (QED) is 0.735. The van der Waals surface area contributed by atoms with Gasteiger partial charge in [-0.2, -0.15) is 5.10 Å². The molecule has 6 heteroatoms. The molecule has 0 saturated heterocycles. The van der Waals surface area contributed by atoms with E-state index in [2.05, 4.69) is 10.1 Å². The Kier molecular flexibility index (Phi) is 3.20. The fraction of sp³-hybridized carbons (Fsp3) is 0.333. The molecule has 3 rings (SSSR count). The number of H-pyrrole nitrogens is 1. The van der Waals surface area contributed by atoms with Crippen molar-refractivity contribution in [3.8, 4) is 0 Å². The molecule has 4 nitrogen and oxygen atoms in total. The molecule has 3 aromatic rings. The van der Waals surface area contributed by atoms with E-state index in [4.69, 9.17) is 12.2 Å². The van der Waals surface area contributed by atoms with Crippen LogP contribution in [0.25, 0.3) is 11.2 Å². The molecule has 110 valence electrons. The molecule has 0 aliphatic carbocycles. The average Bonchev–Trinajstić information content (AvgIpc) is 2.86. The number of nitrogens with zero attached hydrogens (tertiary/aromatic N) is 3. The van der Waals surface area contributed by atoms with Crippen molar-refractivity contribution in [2.75, 3.05) is 0 Å². The molecule has 0 spiro atoms. The van der Waals surface area contributed by atoms with E-state index in [9.17, 15) is 4.39 Å². The van der Waals surface area contributed by atoms with Crippen LogP contribution in [0.5, 0.6) is 0 Å². The third-order valence-electron chi connectivity index (χ3n) is 3.76. The summed E-state index contributed by atoms with van der Waals surface area (Å²) in [5, 5.41) is 4.40. The van der Waals surface area contributed by atoms with Crippen LogP contribution in [0.1, 0.15) is 22.4 Å². The van der Waals surface area contributed by atoms with Gasteiger partial charge in [-0.15, -0.1) is 0 Å². The van der Waals surface area contributed by atoms with Gasteiger partial charge in [-0.3, -0.25) is 9.25 Å². The lowest BCUT2D eigenvalue weighted by Crippen LogP contribution is -2.05. The fourth-order valence-corrected chi connectivity index (χ4v) is 3.08. The van der Waals surface area contributed by atoms with E-state index in [1.54, 1.807) is 13.8 Å². The summed E-state index contributed by atoms with van der Waals surface area (Å²) < 4.78 is 18.2. The standard InChI is InChI=1S/C15H17FN4S/c1-8-5-11(6-9(2)12(8)16)7-20-14-13(17-15(20)21)10(3)18-19(14)4/h5-6H,7H2,1-4H3,(H,17,21). The van der Waals surface area contributed by atoms with Crippen molar-refractivity contribution in [3.05, 3.63) is 45.1 Å². The second-order valence-electron chi connectivity index (χ2n) is 5.47. The molecule has 1 aromatic carbocycles. The van der Waals surface area contributed by atoms with Crippen molar-refractivity contribution in [2.24, 2.45) is 7.05 Å². The Morgan fingerprint density at radius 2 is 1.86 bits per heavy atom. The molecular formula is C15H17FN4S. The van der Waals surface area contributed by atoms with Crippen molar-refractivity contribution in [1.82, 2.24) is 19.3 Å². The highest BCUT2D eigenvalue weighted by atomic mass is 32.1. The molecule has 2 aromatic heterocycles. The van der Waals surface area contributed by atoms with E-state index in [0.717, 1.165) is 22.4 Å². The highest BCUT2D eigenvalue weighted by Gasteiger charge is 2.13. The van der Waals surface area contributed by atoms with Gasteiger partial charge in [0, 0.05) is 7.05 Å². The zero-order valence-electron chi connectivity index (χ0n) is 12.5. The third-order valence-corrected chi connectivity index (χ3v) is 4.08. The molecule has 0 fully saturated rings. The maximum Gasteiger partial charge on any atom is 0.179 e. The highest BCUT2D eigenvalue weighted by molar-refractivity contribution is 7.71. The van der Waals surface area contributed by atoms with Gasteiger partial charge in [0.1, 0.15) is 11.3 Å². The van der Waals surface area contributed by atoms with E-state index in [0.29, 0.717) is 22.4 Å². The maximum atomic E-state index is 13.7. The lowest BCUT2D eigenvalue weighted by molar-refractivity contribution is 0.607. The van der Waals surface area contributed by atoms with Crippen LogP contribution in [-0.2, 0) is 13.6 Å². The highest BCUT2D eigenvalue weighted by Crippen LogP contribution is 2.20. The number of benzene rings is 1. The van der Waals surface area contributed by atoms with Gasteiger partial charge in [-0.1, -0.05) is 12.1 Å². The minimum Gasteiger partial charge on any atom is -0.328 e. The van der Waals surface area contributed by atoms with E-state index in [1.807, 2.05) is 35.4 Å². The summed E-state index contributed by atoms with van der Waals surface area (Å²) in [5.41, 5.74) is 5.18. The van der Waals surface area contributed by atoms with Crippen LogP contribution in [0, 0.1) is 31.4 Å². The first-order valence-electron chi connectivity index (χ1n) is 6.76. The van der Waals surface area contributed by atoms with Gasteiger partial charge in [0.15, 0.2) is 10.4 Å². The van der Waals surface area contributed by atoms with Crippen LogP contribution in [0.4, 0.5) is 4.39 Å². The molecule has 0 saturated carbocycles. The van der Waals surface area contributed by atoms with Crippen molar-refractivity contribution >= 4 is 23.4 Å². The van der Waals surface area contributed by atoms with Crippen molar-refractivity contribution in [1.29, 1.82) is 0 Å². The first-order valence-corrected chi connectivity index (χ1v) is 7.17. The van der Waals surface area contributed by atoms with Gasteiger partial charge in [-0.25, -0.2) is 4.39 Å². The van der Waals surface area contributed by atoms with Crippen LogP contribution < -0.4 is 0 Å². The molecule has 0 radical (unpaired) electrons. The molecule has 0 aliphatic heterocycles. The molecule has 0 amide bonds. The summed E-state index contributed by atoms with van der Waals surface area (Å²) in [6, 6.07) is 3.73. The monoisotopic (exact) mass is 304 g/mol. The SMILES string of the molecule is Cc1cc(Cn2c(=S)[nH]c3c(C)nn(C)c32)cc(C)c1F. The first-order chi connectivity index (χ1) is 9.88. The zero-order chi connectivity index (χ0) is 15.3. The van der Waals surface area contributed by atoms with E-state index in [1.165, 1.54) is 0 Å². The Hall–Kier alpha value is -1.95. The molecule has 0 unspecified atom stereocenters. The number of nitrogens with one attached hydrogen (secondary N) is 1. The van der Waals surface area contributed by atoms with Crippen molar-refractivity contribution in [3.63, 3.8) is 0 Å². The van der Waals surface area contributed by atoms with Crippen molar-refractivity contribution in [2.45, 2.75) is 27.3 Å². The summed E-state index contributed by atoms with van der Waals surface area (Å²) in [6.07, 6.45) is 0. The predicted octanol–water partition coefficient (Wildman–Crippen LogP) is 3.55. The number of fused-ring (bicyclic) bond motifs is 1. The number of rotatable bonds is 2. The minimum atomic E-state index is -0.141. The van der Waals surface area contributed by atoms with Gasteiger partial charge < -0.3 is 4.98 Å². The molecular weight excluding hydrogens is 287 g/mol. The smallest absolute Gasteiger partial charge is 0.179 e. The number of hydrogen-bond donors (Lipinski definition) is 1. The lowest BCUT2D eigenvalue weighted by atomic mass is 10.1. The largest absolute Gasteiger partial charge is 0.328 e. The second-order valence-corrected chi connectivity index (χ2v) is 5.85. The van der Waals surface area contributed by atoms with Gasteiger partial charge in [0.2, 0.25) is 0 Å². The summed E-state index contributed by atoms with van der Waals surface area (Å²) in [6.45, 7) is 6.11. The van der Waals surface area contributed by atoms with Gasteiger partial charge in [-0.05, 0) is 49.7 Å². The van der Waals surface area contributed by atoms with Crippen LogP contribution in [0.15, 0.2) is 12.1 Å².